The first kappa shape index (κ1) is 22.0. The summed E-state index contributed by atoms with van der Waals surface area (Å²) in [4.78, 5) is 12.1. The second-order valence-corrected chi connectivity index (χ2v) is 9.06. The summed E-state index contributed by atoms with van der Waals surface area (Å²) in [5.41, 5.74) is 1.95. The molecule has 0 atom stereocenters. The molecule has 1 aromatic heterocycles. The number of aromatic nitrogens is 3. The van der Waals surface area contributed by atoms with E-state index >= 15 is 0 Å². The van der Waals surface area contributed by atoms with Crippen molar-refractivity contribution in [1.29, 1.82) is 0 Å². The predicted molar refractivity (Wildman–Crippen MR) is 120 cm³/mol. The monoisotopic (exact) mass is 445 g/mol. The minimum absolute atomic E-state index is 0.0845. The summed E-state index contributed by atoms with van der Waals surface area (Å²) in [6, 6.07) is 14.9. The van der Waals surface area contributed by atoms with Crippen molar-refractivity contribution in [2.24, 2.45) is 0 Å². The molecule has 3 aromatic rings. The van der Waals surface area contributed by atoms with Crippen LogP contribution in [0.4, 0.5) is 5.69 Å². The van der Waals surface area contributed by atoms with Gasteiger partial charge in [0, 0.05) is 10.7 Å². The number of nitrogens with one attached hydrogen (secondary N) is 1. The van der Waals surface area contributed by atoms with Crippen LogP contribution in [-0.2, 0) is 16.8 Å². The molecular formula is C21H24ClN5O2S. The first-order valence-corrected chi connectivity index (χ1v) is 10.7. The highest BCUT2D eigenvalue weighted by atomic mass is 35.5. The van der Waals surface area contributed by atoms with Crippen LogP contribution in [-0.4, -0.2) is 26.5 Å². The normalized spacial score (nSPS) is 11.3. The molecule has 0 radical (unpaired) electrons. The van der Waals surface area contributed by atoms with E-state index in [0.717, 1.165) is 5.75 Å². The lowest BCUT2D eigenvalue weighted by Crippen LogP contribution is -2.18. The van der Waals surface area contributed by atoms with E-state index < -0.39 is 0 Å². The van der Waals surface area contributed by atoms with Crippen LogP contribution in [0.5, 0.6) is 5.75 Å². The minimum Gasteiger partial charge on any atom is -0.486 e. The molecule has 0 unspecified atom stereocenters. The van der Waals surface area contributed by atoms with Crippen molar-refractivity contribution in [3.05, 3.63) is 64.9 Å². The Kier molecular flexibility index (Phi) is 6.89. The number of carbonyl (C=O) groups is 1. The quantitative estimate of drug-likeness (QED) is 0.417. The van der Waals surface area contributed by atoms with E-state index in [4.69, 9.17) is 22.2 Å². The van der Waals surface area contributed by atoms with Crippen molar-refractivity contribution in [2.45, 2.75) is 37.9 Å². The van der Waals surface area contributed by atoms with Gasteiger partial charge in [-0.05, 0) is 41.3 Å². The molecule has 2 aromatic carbocycles. The third-order valence-corrected chi connectivity index (χ3v) is 5.44. The molecule has 0 saturated carbocycles. The van der Waals surface area contributed by atoms with E-state index in [-0.39, 0.29) is 23.7 Å². The van der Waals surface area contributed by atoms with E-state index in [9.17, 15) is 4.79 Å². The highest BCUT2D eigenvalue weighted by Gasteiger charge is 2.15. The van der Waals surface area contributed by atoms with Crippen LogP contribution in [0.3, 0.4) is 0 Å². The molecule has 0 aliphatic carbocycles. The number of anilines is 1. The molecule has 1 heterocycles. The van der Waals surface area contributed by atoms with Crippen LogP contribution in [0, 0.1) is 0 Å². The van der Waals surface area contributed by atoms with Crippen LogP contribution in [0.15, 0.2) is 53.7 Å². The number of nitrogen functional groups attached to an aromatic ring is 1. The van der Waals surface area contributed by atoms with Crippen LogP contribution < -0.4 is 15.9 Å². The largest absolute Gasteiger partial charge is 0.486 e. The Balaban J connectivity index is 1.52. The summed E-state index contributed by atoms with van der Waals surface area (Å²) in [7, 11) is 0. The number of amides is 1. The average molecular weight is 446 g/mol. The Hall–Kier alpha value is -2.71. The zero-order valence-corrected chi connectivity index (χ0v) is 18.6. The van der Waals surface area contributed by atoms with Gasteiger partial charge in [0.05, 0.1) is 5.75 Å². The number of ether oxygens (including phenoxy) is 1. The van der Waals surface area contributed by atoms with Gasteiger partial charge in [0.1, 0.15) is 12.4 Å². The van der Waals surface area contributed by atoms with Crippen LogP contribution in [0.1, 0.15) is 32.2 Å². The van der Waals surface area contributed by atoms with Gasteiger partial charge in [-0.25, -0.2) is 4.68 Å². The molecule has 0 saturated heterocycles. The van der Waals surface area contributed by atoms with Gasteiger partial charge in [-0.2, -0.15) is 0 Å². The van der Waals surface area contributed by atoms with Crippen molar-refractivity contribution >= 4 is 35.0 Å². The highest BCUT2D eigenvalue weighted by molar-refractivity contribution is 7.99. The number of nitrogens with zero attached hydrogens (tertiary/aromatic N) is 3. The number of carbonyl (C=O) groups excluding carboxylic acids is 1. The standard InChI is InChI=1S/C21H24ClN5O2S/c1-21(2,3)14-7-9-17(10-8-14)29-12-18-25-26-20(27(18)23)30-13-19(28)24-16-6-4-5-15(22)11-16/h4-11H,12-13,23H2,1-3H3,(H,24,28). The fourth-order valence-corrected chi connectivity index (χ4v) is 3.46. The maximum absolute atomic E-state index is 12.1. The maximum Gasteiger partial charge on any atom is 0.234 e. The highest BCUT2D eigenvalue weighted by Crippen LogP contribution is 2.25. The van der Waals surface area contributed by atoms with E-state index in [0.29, 0.717) is 21.7 Å². The van der Waals surface area contributed by atoms with E-state index in [1.165, 1.54) is 22.0 Å². The summed E-state index contributed by atoms with van der Waals surface area (Å²) in [6.45, 7) is 6.66. The van der Waals surface area contributed by atoms with Crippen molar-refractivity contribution < 1.29 is 9.53 Å². The number of hydrogen-bond acceptors (Lipinski definition) is 6. The SMILES string of the molecule is CC(C)(C)c1ccc(OCc2nnc(SCC(=O)Nc3cccc(Cl)c3)n2N)cc1. The van der Waals surface area contributed by atoms with Gasteiger partial charge in [-0.3, -0.25) is 4.79 Å². The molecule has 7 nitrogen and oxygen atoms in total. The van der Waals surface area contributed by atoms with Gasteiger partial charge < -0.3 is 15.9 Å². The zero-order chi connectivity index (χ0) is 21.7. The van der Waals surface area contributed by atoms with E-state index in [2.05, 4.69) is 36.3 Å². The molecule has 0 bridgehead atoms. The summed E-state index contributed by atoms with van der Waals surface area (Å²) in [5.74, 6) is 7.18. The van der Waals surface area contributed by atoms with E-state index in [1.807, 2.05) is 24.3 Å². The second-order valence-electron chi connectivity index (χ2n) is 7.68. The Labute approximate surface area is 184 Å². The summed E-state index contributed by atoms with van der Waals surface area (Å²) in [6.07, 6.45) is 0. The lowest BCUT2D eigenvalue weighted by molar-refractivity contribution is -0.113. The molecule has 1 amide bonds. The molecule has 30 heavy (non-hydrogen) atoms. The molecule has 0 spiro atoms. The fraction of sp³-hybridized carbons (Fsp3) is 0.286. The minimum atomic E-state index is -0.193. The van der Waals surface area contributed by atoms with Crippen molar-refractivity contribution in [3.63, 3.8) is 0 Å². The summed E-state index contributed by atoms with van der Waals surface area (Å²) < 4.78 is 7.10. The summed E-state index contributed by atoms with van der Waals surface area (Å²) in [5, 5.41) is 11.8. The molecule has 0 aliphatic heterocycles. The van der Waals surface area contributed by atoms with Crippen molar-refractivity contribution in [1.82, 2.24) is 14.9 Å². The van der Waals surface area contributed by atoms with Crippen molar-refractivity contribution in [2.75, 3.05) is 16.9 Å². The molecule has 3 rings (SSSR count). The fourth-order valence-electron chi connectivity index (χ4n) is 2.60. The average Bonchev–Trinajstić information content (AvgIpc) is 3.04. The lowest BCUT2D eigenvalue weighted by atomic mass is 9.87. The van der Waals surface area contributed by atoms with Gasteiger partial charge in [-0.1, -0.05) is 62.3 Å². The van der Waals surface area contributed by atoms with E-state index in [1.54, 1.807) is 24.3 Å². The number of benzene rings is 2. The summed E-state index contributed by atoms with van der Waals surface area (Å²) >= 11 is 7.11. The lowest BCUT2D eigenvalue weighted by Gasteiger charge is -2.19. The number of hydrogen-bond donors (Lipinski definition) is 2. The smallest absolute Gasteiger partial charge is 0.234 e. The van der Waals surface area contributed by atoms with Gasteiger partial charge in [-0.15, -0.1) is 10.2 Å². The Morgan fingerprint density at radius 3 is 2.60 bits per heavy atom. The Morgan fingerprint density at radius 1 is 1.20 bits per heavy atom. The number of nitrogens with two attached hydrogens (primary N) is 1. The number of halogens is 1. The maximum atomic E-state index is 12.1. The third kappa shape index (κ3) is 5.90. The van der Waals surface area contributed by atoms with Gasteiger partial charge in [0.15, 0.2) is 5.82 Å². The molecule has 0 aliphatic rings. The van der Waals surface area contributed by atoms with Gasteiger partial charge in [0.25, 0.3) is 0 Å². The molecule has 158 valence electrons. The van der Waals surface area contributed by atoms with Crippen LogP contribution in [0.2, 0.25) is 5.02 Å². The third-order valence-electron chi connectivity index (χ3n) is 4.26. The first-order chi connectivity index (χ1) is 14.2. The second kappa shape index (κ2) is 9.40. The van der Waals surface area contributed by atoms with Crippen molar-refractivity contribution in [3.8, 4) is 5.75 Å². The zero-order valence-electron chi connectivity index (χ0n) is 17.1. The van der Waals surface area contributed by atoms with Gasteiger partial charge >= 0.3 is 0 Å². The first-order valence-electron chi connectivity index (χ1n) is 9.33. The molecule has 3 N–H and O–H groups in total. The Bertz CT molecular complexity index is 1010. The number of rotatable bonds is 7. The van der Waals surface area contributed by atoms with Gasteiger partial charge in [0.2, 0.25) is 11.1 Å². The van der Waals surface area contributed by atoms with Crippen LogP contribution in [0.25, 0.3) is 0 Å². The molecule has 9 heteroatoms. The van der Waals surface area contributed by atoms with Crippen LogP contribution >= 0.6 is 23.4 Å². The molecule has 0 fully saturated rings. The predicted octanol–water partition coefficient (Wildman–Crippen LogP) is 4.25. The molecular weight excluding hydrogens is 422 g/mol. The Morgan fingerprint density at radius 2 is 1.93 bits per heavy atom. The number of thioether (sulfide) groups is 1. The topological polar surface area (TPSA) is 95.1 Å².